The van der Waals surface area contributed by atoms with Gasteiger partial charge in [0.25, 0.3) is 5.91 Å². The number of nitrogens with zero attached hydrogens (tertiary/aromatic N) is 5. The van der Waals surface area contributed by atoms with E-state index in [2.05, 4.69) is 15.5 Å². The first-order valence-corrected chi connectivity index (χ1v) is 8.54. The van der Waals surface area contributed by atoms with E-state index in [1.54, 1.807) is 11.6 Å². The van der Waals surface area contributed by atoms with E-state index in [9.17, 15) is 4.79 Å². The number of ether oxygens (including phenoxy) is 1. The molecule has 0 radical (unpaired) electrons. The third kappa shape index (κ3) is 3.09. The molecule has 0 saturated carbocycles. The second-order valence-electron chi connectivity index (χ2n) is 6.18. The molecular formula is C19H19N5O2. The Bertz CT molecular complexity index is 909. The molecule has 7 nitrogen and oxygen atoms in total. The maximum Gasteiger partial charge on any atom is 0.256 e. The molecular weight excluding hydrogens is 330 g/mol. The molecule has 2 aromatic carbocycles. The molecule has 0 spiro atoms. The van der Waals surface area contributed by atoms with Crippen LogP contribution in [0.25, 0.3) is 5.69 Å². The molecule has 1 aliphatic heterocycles. The van der Waals surface area contributed by atoms with Gasteiger partial charge in [-0.2, -0.15) is 4.68 Å². The summed E-state index contributed by atoms with van der Waals surface area (Å²) < 4.78 is 7.46. The number of carbonyl (C=O) groups excluding carboxylic acids is 1. The lowest BCUT2D eigenvalue weighted by atomic mass is 10.1. The Hall–Kier alpha value is -3.06. The SMILES string of the molecule is Cc1nnnn1-c1ccccc1C(=O)N1CCO[C@@H](c2ccccc2)C1. The van der Waals surface area contributed by atoms with Crippen molar-refractivity contribution in [3.8, 4) is 5.69 Å². The summed E-state index contributed by atoms with van der Waals surface area (Å²) in [6.45, 7) is 3.40. The maximum atomic E-state index is 13.2. The number of rotatable bonds is 3. The van der Waals surface area contributed by atoms with Gasteiger partial charge in [-0.15, -0.1) is 5.10 Å². The first-order chi connectivity index (χ1) is 12.7. The molecule has 1 aromatic heterocycles. The zero-order chi connectivity index (χ0) is 17.9. The molecule has 0 aliphatic carbocycles. The summed E-state index contributed by atoms with van der Waals surface area (Å²) in [4.78, 5) is 15.0. The second-order valence-corrected chi connectivity index (χ2v) is 6.18. The molecule has 26 heavy (non-hydrogen) atoms. The fraction of sp³-hybridized carbons (Fsp3) is 0.263. The van der Waals surface area contributed by atoms with Crippen molar-refractivity contribution in [2.24, 2.45) is 0 Å². The number of hydrogen-bond acceptors (Lipinski definition) is 5. The van der Waals surface area contributed by atoms with E-state index in [-0.39, 0.29) is 12.0 Å². The molecule has 0 unspecified atom stereocenters. The number of morpholine rings is 1. The molecule has 0 N–H and O–H groups in total. The molecule has 4 rings (SSSR count). The predicted molar refractivity (Wildman–Crippen MR) is 94.9 cm³/mol. The fourth-order valence-electron chi connectivity index (χ4n) is 3.17. The molecule has 1 aliphatic rings. The van der Waals surface area contributed by atoms with Gasteiger partial charge in [0, 0.05) is 6.54 Å². The minimum atomic E-state index is -0.115. The largest absolute Gasteiger partial charge is 0.370 e. The number of aromatic nitrogens is 4. The van der Waals surface area contributed by atoms with Crippen LogP contribution in [0.2, 0.25) is 0 Å². The lowest BCUT2D eigenvalue weighted by Gasteiger charge is -2.33. The number of aryl methyl sites for hydroxylation is 1. The van der Waals surface area contributed by atoms with Gasteiger partial charge < -0.3 is 9.64 Å². The zero-order valence-electron chi connectivity index (χ0n) is 14.4. The summed E-state index contributed by atoms with van der Waals surface area (Å²) in [5.41, 5.74) is 2.34. The zero-order valence-corrected chi connectivity index (χ0v) is 14.4. The van der Waals surface area contributed by atoms with Crippen molar-refractivity contribution in [3.63, 3.8) is 0 Å². The van der Waals surface area contributed by atoms with E-state index >= 15 is 0 Å². The first-order valence-electron chi connectivity index (χ1n) is 8.54. The van der Waals surface area contributed by atoms with Gasteiger partial charge in [0.1, 0.15) is 6.10 Å². The summed E-state index contributed by atoms with van der Waals surface area (Å²) in [6.07, 6.45) is -0.115. The first kappa shape index (κ1) is 16.4. The molecule has 3 aromatic rings. The van der Waals surface area contributed by atoms with Gasteiger partial charge in [-0.1, -0.05) is 42.5 Å². The van der Waals surface area contributed by atoms with Crippen LogP contribution in [0.1, 0.15) is 27.8 Å². The average molecular weight is 349 g/mol. The summed E-state index contributed by atoms with van der Waals surface area (Å²) in [6, 6.07) is 17.4. The van der Waals surface area contributed by atoms with E-state index < -0.39 is 0 Å². The van der Waals surface area contributed by atoms with E-state index in [0.29, 0.717) is 36.8 Å². The van der Waals surface area contributed by atoms with Gasteiger partial charge in [0.05, 0.1) is 24.4 Å². The highest BCUT2D eigenvalue weighted by Gasteiger charge is 2.27. The van der Waals surface area contributed by atoms with Crippen LogP contribution >= 0.6 is 0 Å². The van der Waals surface area contributed by atoms with Crippen LogP contribution < -0.4 is 0 Å². The molecule has 1 fully saturated rings. The van der Waals surface area contributed by atoms with Crippen LogP contribution in [-0.4, -0.2) is 50.7 Å². The number of amides is 1. The van der Waals surface area contributed by atoms with Gasteiger partial charge in [-0.3, -0.25) is 4.79 Å². The molecule has 7 heteroatoms. The Morgan fingerprint density at radius 1 is 1.12 bits per heavy atom. The normalized spacial score (nSPS) is 17.3. The molecule has 0 bridgehead atoms. The standard InChI is InChI=1S/C19H19N5O2/c1-14-20-21-22-24(14)17-10-6-5-9-16(17)19(25)23-11-12-26-18(13-23)15-7-3-2-4-8-15/h2-10,18H,11-13H2,1H3/t18-/m1/s1. The topological polar surface area (TPSA) is 73.1 Å². The molecule has 1 amide bonds. The van der Waals surface area contributed by atoms with E-state index in [0.717, 1.165) is 5.56 Å². The summed E-state index contributed by atoms with van der Waals surface area (Å²) in [5.74, 6) is 0.592. The molecule has 1 saturated heterocycles. The minimum Gasteiger partial charge on any atom is -0.370 e. The molecule has 2 heterocycles. The van der Waals surface area contributed by atoms with E-state index in [4.69, 9.17) is 4.74 Å². The van der Waals surface area contributed by atoms with Crippen molar-refractivity contribution in [3.05, 3.63) is 71.5 Å². The summed E-state index contributed by atoms with van der Waals surface area (Å²) in [5, 5.41) is 11.6. The highest BCUT2D eigenvalue weighted by atomic mass is 16.5. The van der Waals surface area contributed by atoms with Crippen molar-refractivity contribution >= 4 is 5.91 Å². The summed E-state index contributed by atoms with van der Waals surface area (Å²) in [7, 11) is 0. The van der Waals surface area contributed by atoms with E-state index in [1.165, 1.54) is 0 Å². The summed E-state index contributed by atoms with van der Waals surface area (Å²) >= 11 is 0. The van der Waals surface area contributed by atoms with Gasteiger partial charge in [-0.05, 0) is 35.0 Å². The highest BCUT2D eigenvalue weighted by Crippen LogP contribution is 2.24. The average Bonchev–Trinajstić information content (AvgIpc) is 3.14. The van der Waals surface area contributed by atoms with Crippen LogP contribution in [0.5, 0.6) is 0 Å². The van der Waals surface area contributed by atoms with Crippen LogP contribution in [0.3, 0.4) is 0 Å². The maximum absolute atomic E-state index is 13.2. The van der Waals surface area contributed by atoms with Crippen molar-refractivity contribution in [2.75, 3.05) is 19.7 Å². The van der Waals surface area contributed by atoms with Crippen LogP contribution in [0, 0.1) is 6.92 Å². The van der Waals surface area contributed by atoms with Gasteiger partial charge in [0.15, 0.2) is 5.82 Å². The van der Waals surface area contributed by atoms with Crippen molar-refractivity contribution in [1.82, 2.24) is 25.1 Å². The Morgan fingerprint density at radius 3 is 2.65 bits per heavy atom. The number of tetrazole rings is 1. The Kier molecular flexibility index (Phi) is 4.45. The van der Waals surface area contributed by atoms with Crippen LogP contribution in [0.4, 0.5) is 0 Å². The number of para-hydroxylation sites is 1. The van der Waals surface area contributed by atoms with Crippen molar-refractivity contribution < 1.29 is 9.53 Å². The lowest BCUT2D eigenvalue weighted by molar-refractivity contribution is -0.0228. The molecule has 1 atom stereocenters. The van der Waals surface area contributed by atoms with Crippen LogP contribution in [0.15, 0.2) is 54.6 Å². The number of hydrogen-bond donors (Lipinski definition) is 0. The van der Waals surface area contributed by atoms with E-state index in [1.807, 2.05) is 59.5 Å². The van der Waals surface area contributed by atoms with Crippen molar-refractivity contribution in [1.29, 1.82) is 0 Å². The smallest absolute Gasteiger partial charge is 0.256 e. The van der Waals surface area contributed by atoms with Gasteiger partial charge >= 0.3 is 0 Å². The van der Waals surface area contributed by atoms with Gasteiger partial charge in [0.2, 0.25) is 0 Å². The predicted octanol–water partition coefficient (Wildman–Crippen LogP) is 2.18. The second kappa shape index (κ2) is 7.05. The van der Waals surface area contributed by atoms with Crippen molar-refractivity contribution in [2.45, 2.75) is 13.0 Å². The minimum absolute atomic E-state index is 0.0419. The monoisotopic (exact) mass is 349 g/mol. The van der Waals surface area contributed by atoms with Gasteiger partial charge in [-0.25, -0.2) is 0 Å². The Balaban J connectivity index is 1.61. The Labute approximate surface area is 151 Å². The third-order valence-electron chi connectivity index (χ3n) is 4.51. The number of carbonyl (C=O) groups is 1. The highest BCUT2D eigenvalue weighted by molar-refractivity contribution is 5.97. The quantitative estimate of drug-likeness (QED) is 0.725. The lowest BCUT2D eigenvalue weighted by Crippen LogP contribution is -2.42. The third-order valence-corrected chi connectivity index (χ3v) is 4.51. The van der Waals surface area contributed by atoms with Crippen LogP contribution in [-0.2, 0) is 4.74 Å². The molecule has 132 valence electrons. The number of benzene rings is 2. The Morgan fingerprint density at radius 2 is 1.88 bits per heavy atom. The fourth-order valence-corrected chi connectivity index (χ4v) is 3.17.